The van der Waals surface area contributed by atoms with E-state index in [9.17, 15) is 4.79 Å². The van der Waals surface area contributed by atoms with Crippen LogP contribution in [-0.4, -0.2) is 76.4 Å². The number of fused-ring (bicyclic) bond motifs is 2. The van der Waals surface area contributed by atoms with E-state index in [1.165, 1.54) is 5.56 Å². The molecule has 0 saturated heterocycles. The number of carbonyl (C=O) groups excluding carboxylic acids is 1. The van der Waals surface area contributed by atoms with Crippen LogP contribution >= 0.6 is 12.4 Å². The van der Waals surface area contributed by atoms with Gasteiger partial charge in [-0.1, -0.05) is 6.07 Å². The Morgan fingerprint density at radius 3 is 2.45 bits per heavy atom. The topological polar surface area (TPSA) is 60.5 Å². The Balaban J connectivity index is 0.00000306. The number of likely N-dealkylation sites (N-methyl/N-ethyl adjacent to an activating group) is 1. The third kappa shape index (κ3) is 5.84. The predicted molar refractivity (Wildman–Crippen MR) is 130 cm³/mol. The maximum Gasteiger partial charge on any atom is 0.254 e. The van der Waals surface area contributed by atoms with E-state index >= 15 is 0 Å². The van der Waals surface area contributed by atoms with Crippen molar-refractivity contribution < 1.29 is 23.7 Å². The monoisotopic (exact) mass is 476 g/mol. The zero-order valence-corrected chi connectivity index (χ0v) is 20.4. The minimum Gasteiger partial charge on any atom is -0.493 e. The van der Waals surface area contributed by atoms with Crippen LogP contribution in [0.3, 0.4) is 0 Å². The van der Waals surface area contributed by atoms with Gasteiger partial charge in [-0.05, 0) is 68.2 Å². The highest BCUT2D eigenvalue weighted by molar-refractivity contribution is 5.97. The zero-order chi connectivity index (χ0) is 22.5. The second-order valence-corrected chi connectivity index (χ2v) is 8.29. The molecular weight excluding hydrogens is 444 g/mol. The van der Waals surface area contributed by atoms with Crippen molar-refractivity contribution in [1.29, 1.82) is 0 Å². The number of hydrogen-bond donors (Lipinski definition) is 0. The van der Waals surface area contributed by atoms with Gasteiger partial charge in [-0.15, -0.1) is 12.4 Å². The molecule has 0 spiro atoms. The maximum absolute atomic E-state index is 13.0. The molecule has 180 valence electrons. The number of benzene rings is 2. The van der Waals surface area contributed by atoms with Crippen molar-refractivity contribution in [3.8, 4) is 23.0 Å². The van der Waals surface area contributed by atoms with Gasteiger partial charge in [0.05, 0.1) is 14.2 Å². The molecule has 0 bridgehead atoms. The Bertz CT molecular complexity index is 968. The largest absolute Gasteiger partial charge is 0.493 e. The number of halogens is 1. The van der Waals surface area contributed by atoms with Gasteiger partial charge in [0.15, 0.2) is 23.0 Å². The fourth-order valence-corrected chi connectivity index (χ4v) is 4.28. The molecule has 2 aliphatic rings. The summed E-state index contributed by atoms with van der Waals surface area (Å²) in [6.07, 6.45) is 2.72. The van der Waals surface area contributed by atoms with Crippen molar-refractivity contribution >= 4 is 18.3 Å². The number of methoxy groups -OCH3 is 2. The summed E-state index contributed by atoms with van der Waals surface area (Å²) in [5.74, 6) is 3.04. The van der Waals surface area contributed by atoms with Gasteiger partial charge in [0.1, 0.15) is 13.2 Å². The minimum atomic E-state index is 0. The van der Waals surface area contributed by atoms with Crippen LogP contribution in [0.2, 0.25) is 0 Å². The number of hydrogen-bond acceptors (Lipinski definition) is 6. The summed E-state index contributed by atoms with van der Waals surface area (Å²) >= 11 is 0. The van der Waals surface area contributed by atoms with E-state index in [0.717, 1.165) is 73.8 Å². The zero-order valence-electron chi connectivity index (χ0n) is 19.6. The number of rotatable bonds is 9. The molecule has 7 nitrogen and oxygen atoms in total. The third-order valence-electron chi connectivity index (χ3n) is 6.13. The Morgan fingerprint density at radius 1 is 1.00 bits per heavy atom. The lowest BCUT2D eigenvalue weighted by Crippen LogP contribution is -2.39. The van der Waals surface area contributed by atoms with E-state index in [4.69, 9.17) is 18.9 Å². The van der Waals surface area contributed by atoms with Gasteiger partial charge in [-0.2, -0.15) is 0 Å². The van der Waals surface area contributed by atoms with Crippen molar-refractivity contribution in [2.24, 2.45) is 0 Å². The van der Waals surface area contributed by atoms with Crippen molar-refractivity contribution in [3.63, 3.8) is 0 Å². The smallest absolute Gasteiger partial charge is 0.254 e. The molecule has 0 atom stereocenters. The van der Waals surface area contributed by atoms with Crippen molar-refractivity contribution in [1.82, 2.24) is 9.80 Å². The standard InChI is InChI=1S/C25H32N2O5.ClH/c1-26(11-7-18-5-6-21(29-2)22(15-18)30-3)9-4-10-27-12-8-19-16-23-24(32-14-13-31-23)17-20(19)25(27)28;/h5-6,15-17H,4,7-14H2,1-3H3;1H. The first-order valence-corrected chi connectivity index (χ1v) is 11.2. The van der Waals surface area contributed by atoms with E-state index in [-0.39, 0.29) is 18.3 Å². The lowest BCUT2D eigenvalue weighted by molar-refractivity contribution is 0.0731. The minimum absolute atomic E-state index is 0. The summed E-state index contributed by atoms with van der Waals surface area (Å²) in [6.45, 7) is 4.47. The van der Waals surface area contributed by atoms with Gasteiger partial charge in [0, 0.05) is 25.2 Å². The quantitative estimate of drug-likeness (QED) is 0.552. The van der Waals surface area contributed by atoms with E-state index in [0.29, 0.717) is 19.0 Å². The van der Waals surface area contributed by atoms with Crippen LogP contribution in [0, 0.1) is 0 Å². The van der Waals surface area contributed by atoms with Crippen LogP contribution in [-0.2, 0) is 12.8 Å². The first kappa shape index (κ1) is 25.0. The van der Waals surface area contributed by atoms with Gasteiger partial charge in [0.25, 0.3) is 5.91 Å². The average Bonchev–Trinajstić information content (AvgIpc) is 2.83. The molecule has 2 aliphatic heterocycles. The summed E-state index contributed by atoms with van der Waals surface area (Å²) in [5, 5.41) is 0. The molecule has 8 heteroatoms. The SMILES string of the molecule is COc1ccc(CCN(C)CCCN2CCc3cc4c(cc3C2=O)OCCO4)cc1OC.Cl. The highest BCUT2D eigenvalue weighted by atomic mass is 35.5. The van der Waals surface area contributed by atoms with E-state index in [2.05, 4.69) is 18.0 Å². The predicted octanol–water partition coefficient (Wildman–Crippen LogP) is 3.46. The summed E-state index contributed by atoms with van der Waals surface area (Å²) < 4.78 is 22.0. The molecule has 0 unspecified atom stereocenters. The summed E-state index contributed by atoms with van der Waals surface area (Å²) in [7, 11) is 5.42. The summed E-state index contributed by atoms with van der Waals surface area (Å²) in [6, 6.07) is 9.88. The summed E-state index contributed by atoms with van der Waals surface area (Å²) in [4.78, 5) is 17.3. The number of amides is 1. The molecule has 0 N–H and O–H groups in total. The van der Waals surface area contributed by atoms with Gasteiger partial charge in [-0.3, -0.25) is 4.79 Å². The average molecular weight is 477 g/mol. The lowest BCUT2D eigenvalue weighted by Gasteiger charge is -2.30. The molecule has 0 fully saturated rings. The molecular formula is C25H33ClN2O5. The van der Waals surface area contributed by atoms with Crippen molar-refractivity contribution in [2.75, 3.05) is 60.7 Å². The van der Waals surface area contributed by atoms with Gasteiger partial charge in [0.2, 0.25) is 0 Å². The third-order valence-corrected chi connectivity index (χ3v) is 6.13. The molecule has 0 saturated carbocycles. The first-order valence-electron chi connectivity index (χ1n) is 11.2. The van der Waals surface area contributed by atoms with Crippen molar-refractivity contribution in [2.45, 2.75) is 19.3 Å². The van der Waals surface area contributed by atoms with Gasteiger partial charge >= 0.3 is 0 Å². The number of carbonyl (C=O) groups is 1. The van der Waals surface area contributed by atoms with Crippen LogP contribution < -0.4 is 18.9 Å². The first-order chi connectivity index (χ1) is 15.6. The van der Waals surface area contributed by atoms with Gasteiger partial charge in [-0.25, -0.2) is 0 Å². The van der Waals surface area contributed by atoms with Crippen LogP contribution in [0.25, 0.3) is 0 Å². The molecule has 0 radical (unpaired) electrons. The normalized spacial score (nSPS) is 14.5. The van der Waals surface area contributed by atoms with Crippen LogP contribution in [0.1, 0.15) is 27.9 Å². The molecule has 0 aromatic heterocycles. The second kappa shape index (κ2) is 11.5. The highest BCUT2D eigenvalue weighted by Crippen LogP contribution is 2.35. The Labute approximate surface area is 202 Å². The number of nitrogens with zero attached hydrogens (tertiary/aromatic N) is 2. The molecule has 4 rings (SSSR count). The fraction of sp³-hybridized carbons (Fsp3) is 0.480. The Kier molecular flexibility index (Phi) is 8.69. The molecule has 2 aromatic carbocycles. The van der Waals surface area contributed by atoms with E-state index in [1.54, 1.807) is 14.2 Å². The van der Waals surface area contributed by atoms with Gasteiger partial charge < -0.3 is 28.7 Å². The Hall–Kier alpha value is -2.64. The molecule has 2 heterocycles. The van der Waals surface area contributed by atoms with E-state index in [1.807, 2.05) is 29.2 Å². The van der Waals surface area contributed by atoms with Crippen LogP contribution in [0.4, 0.5) is 0 Å². The van der Waals surface area contributed by atoms with E-state index < -0.39 is 0 Å². The summed E-state index contributed by atoms with van der Waals surface area (Å²) in [5.41, 5.74) is 3.02. The fourth-order valence-electron chi connectivity index (χ4n) is 4.28. The lowest BCUT2D eigenvalue weighted by atomic mass is 9.97. The molecule has 2 aromatic rings. The second-order valence-electron chi connectivity index (χ2n) is 8.29. The van der Waals surface area contributed by atoms with Crippen LogP contribution in [0.5, 0.6) is 23.0 Å². The van der Waals surface area contributed by atoms with Crippen molar-refractivity contribution in [3.05, 3.63) is 47.0 Å². The van der Waals surface area contributed by atoms with Crippen LogP contribution in [0.15, 0.2) is 30.3 Å². The highest BCUT2D eigenvalue weighted by Gasteiger charge is 2.27. The molecule has 1 amide bonds. The Morgan fingerprint density at radius 2 is 1.73 bits per heavy atom. The maximum atomic E-state index is 13.0. The molecule has 0 aliphatic carbocycles. The number of ether oxygens (including phenoxy) is 4. The molecule has 33 heavy (non-hydrogen) atoms.